The summed E-state index contributed by atoms with van der Waals surface area (Å²) in [5.41, 5.74) is 5.05. The van der Waals surface area contributed by atoms with E-state index in [9.17, 15) is 9.59 Å². The number of carbonyl (C=O) groups is 2. The van der Waals surface area contributed by atoms with E-state index in [0.717, 1.165) is 27.9 Å². The summed E-state index contributed by atoms with van der Waals surface area (Å²) in [5.74, 6) is 0.648. The first-order valence-corrected chi connectivity index (χ1v) is 11.0. The monoisotopic (exact) mass is 418 g/mol. The lowest BCUT2D eigenvalue weighted by Crippen LogP contribution is -2.50. The first-order chi connectivity index (χ1) is 14.5. The largest absolute Gasteiger partial charge is 0.459 e. The van der Waals surface area contributed by atoms with Crippen LogP contribution in [0.5, 0.6) is 0 Å². The zero-order valence-electron chi connectivity index (χ0n) is 16.9. The van der Waals surface area contributed by atoms with Crippen molar-refractivity contribution in [2.24, 2.45) is 0 Å². The van der Waals surface area contributed by atoms with Crippen LogP contribution in [0.2, 0.25) is 0 Å². The molecule has 6 heteroatoms. The summed E-state index contributed by atoms with van der Waals surface area (Å²) in [6.07, 6.45) is 1.49. The van der Waals surface area contributed by atoms with Crippen LogP contribution < -0.4 is 4.90 Å². The van der Waals surface area contributed by atoms with E-state index in [2.05, 4.69) is 6.07 Å². The zero-order valence-corrected chi connectivity index (χ0v) is 17.7. The van der Waals surface area contributed by atoms with E-state index in [4.69, 9.17) is 4.42 Å². The number of thioether (sulfide) groups is 1. The third-order valence-electron chi connectivity index (χ3n) is 5.75. The van der Waals surface area contributed by atoms with Crippen LogP contribution >= 0.6 is 11.8 Å². The molecular formula is C24H22N2O3S. The maximum Gasteiger partial charge on any atom is 0.291 e. The molecule has 0 unspecified atom stereocenters. The van der Waals surface area contributed by atoms with Gasteiger partial charge in [-0.3, -0.25) is 9.59 Å². The number of hydrogen-bond donors (Lipinski definition) is 0. The third-order valence-corrected chi connectivity index (χ3v) is 7.17. The van der Waals surface area contributed by atoms with Crippen molar-refractivity contribution >= 4 is 29.3 Å². The average molecular weight is 419 g/mol. The van der Waals surface area contributed by atoms with Crippen molar-refractivity contribution < 1.29 is 14.0 Å². The molecule has 3 aromatic rings. The molecule has 1 saturated heterocycles. The number of anilines is 1. The number of amides is 2. The van der Waals surface area contributed by atoms with Crippen LogP contribution in [0.1, 0.15) is 32.8 Å². The molecule has 2 aromatic carbocycles. The molecule has 2 aliphatic heterocycles. The first kappa shape index (κ1) is 19.0. The Balaban J connectivity index is 1.61. The van der Waals surface area contributed by atoms with Gasteiger partial charge in [0.15, 0.2) is 10.6 Å². The minimum Gasteiger partial charge on any atom is -0.459 e. The zero-order chi connectivity index (χ0) is 20.9. The smallest absolute Gasteiger partial charge is 0.291 e. The van der Waals surface area contributed by atoms with Crippen LogP contribution in [0.25, 0.3) is 0 Å². The van der Waals surface area contributed by atoms with Crippen molar-refractivity contribution in [3.05, 3.63) is 88.9 Å². The third kappa shape index (κ3) is 2.78. The standard InChI is InChI=1S/C24H22N2O3S/c1-16-5-3-6-18(13-16)15-25-20-9-8-17(2)14-19(20)24(23(25)28)26(10-12-30-24)22(27)21-7-4-11-29-21/h3-9,11,13-14H,10,12,15H2,1-2H3/t24-/m1/s1. The lowest BCUT2D eigenvalue weighted by molar-refractivity contribution is -0.123. The average Bonchev–Trinajstić information content (AvgIpc) is 3.45. The predicted octanol–water partition coefficient (Wildman–Crippen LogP) is 4.49. The highest BCUT2D eigenvalue weighted by molar-refractivity contribution is 8.01. The molecule has 1 aromatic heterocycles. The Morgan fingerprint density at radius 1 is 1.10 bits per heavy atom. The van der Waals surface area contributed by atoms with Crippen molar-refractivity contribution in [3.8, 4) is 0 Å². The van der Waals surface area contributed by atoms with E-state index in [-0.39, 0.29) is 17.6 Å². The molecule has 1 atom stereocenters. The molecule has 30 heavy (non-hydrogen) atoms. The lowest BCUT2D eigenvalue weighted by Gasteiger charge is -2.32. The number of aryl methyl sites for hydroxylation is 2. The molecule has 0 N–H and O–H groups in total. The number of nitrogens with zero attached hydrogens (tertiary/aromatic N) is 2. The van der Waals surface area contributed by atoms with Crippen LogP contribution in [0.4, 0.5) is 5.69 Å². The molecular weight excluding hydrogens is 396 g/mol. The Kier molecular flexibility index (Phi) is 4.47. The number of hydrogen-bond acceptors (Lipinski definition) is 4. The van der Waals surface area contributed by atoms with Crippen LogP contribution in [0.3, 0.4) is 0 Å². The first-order valence-electron chi connectivity index (χ1n) is 9.99. The van der Waals surface area contributed by atoms with Crippen LogP contribution in [-0.4, -0.2) is 29.0 Å². The highest BCUT2D eigenvalue weighted by Gasteiger charge is 2.59. The van der Waals surface area contributed by atoms with E-state index in [1.54, 1.807) is 17.0 Å². The fraction of sp³-hybridized carbons (Fsp3) is 0.250. The Morgan fingerprint density at radius 3 is 2.70 bits per heavy atom. The number of carbonyl (C=O) groups excluding carboxylic acids is 2. The topological polar surface area (TPSA) is 53.8 Å². The Labute approximate surface area is 179 Å². The van der Waals surface area contributed by atoms with E-state index in [0.29, 0.717) is 18.8 Å². The maximum atomic E-state index is 14.0. The Morgan fingerprint density at radius 2 is 1.93 bits per heavy atom. The van der Waals surface area contributed by atoms with Gasteiger partial charge in [-0.25, -0.2) is 0 Å². The predicted molar refractivity (Wildman–Crippen MR) is 117 cm³/mol. The van der Waals surface area contributed by atoms with Crippen molar-refractivity contribution in [1.29, 1.82) is 0 Å². The van der Waals surface area contributed by atoms with Crippen LogP contribution in [-0.2, 0) is 16.2 Å². The van der Waals surface area contributed by atoms with E-state index in [1.165, 1.54) is 18.0 Å². The molecule has 3 heterocycles. The molecule has 1 fully saturated rings. The maximum absolute atomic E-state index is 14.0. The molecule has 2 amide bonds. The van der Waals surface area contributed by atoms with Crippen LogP contribution in [0.15, 0.2) is 65.3 Å². The van der Waals surface area contributed by atoms with Gasteiger partial charge in [-0.05, 0) is 37.6 Å². The Hall–Kier alpha value is -2.99. The summed E-state index contributed by atoms with van der Waals surface area (Å²) in [6.45, 7) is 5.04. The SMILES string of the molecule is Cc1cccc(CN2C(=O)[C@]3(SCCN3C(=O)c3ccco3)c3cc(C)ccc32)c1. The van der Waals surface area contributed by atoms with Crippen LogP contribution in [0, 0.1) is 13.8 Å². The molecule has 5 rings (SSSR count). The molecule has 0 aliphatic carbocycles. The fourth-order valence-electron chi connectivity index (χ4n) is 4.41. The highest BCUT2D eigenvalue weighted by atomic mass is 32.2. The number of fused-ring (bicyclic) bond motifs is 2. The van der Waals surface area contributed by atoms with Crippen molar-refractivity contribution in [3.63, 3.8) is 0 Å². The molecule has 2 aliphatic rings. The van der Waals surface area contributed by atoms with Gasteiger partial charge in [0, 0.05) is 17.9 Å². The van der Waals surface area contributed by atoms with Crippen molar-refractivity contribution in [1.82, 2.24) is 4.90 Å². The van der Waals surface area contributed by atoms with Gasteiger partial charge in [0.05, 0.1) is 18.5 Å². The van der Waals surface area contributed by atoms with E-state index < -0.39 is 4.87 Å². The lowest BCUT2D eigenvalue weighted by atomic mass is 10.0. The molecule has 1 spiro atoms. The van der Waals surface area contributed by atoms with Crippen molar-refractivity contribution in [2.75, 3.05) is 17.2 Å². The second kappa shape index (κ2) is 7.06. The van der Waals surface area contributed by atoms with E-state index >= 15 is 0 Å². The second-order valence-corrected chi connectivity index (χ2v) is 9.12. The highest BCUT2D eigenvalue weighted by Crippen LogP contribution is 2.55. The fourth-order valence-corrected chi connectivity index (χ4v) is 5.86. The second-order valence-electron chi connectivity index (χ2n) is 7.83. The molecule has 0 saturated carbocycles. The molecule has 0 bridgehead atoms. The van der Waals surface area contributed by atoms with Gasteiger partial charge >= 0.3 is 0 Å². The number of rotatable bonds is 3. The Bertz CT molecular complexity index is 1140. The summed E-state index contributed by atoms with van der Waals surface area (Å²) in [4.78, 5) is 29.7. The number of furan rings is 1. The molecule has 0 radical (unpaired) electrons. The summed E-state index contributed by atoms with van der Waals surface area (Å²) in [7, 11) is 0. The van der Waals surface area contributed by atoms with Crippen molar-refractivity contribution in [2.45, 2.75) is 25.3 Å². The van der Waals surface area contributed by atoms with Gasteiger partial charge < -0.3 is 14.2 Å². The van der Waals surface area contributed by atoms with Gasteiger partial charge in [0.2, 0.25) is 0 Å². The summed E-state index contributed by atoms with van der Waals surface area (Å²) < 4.78 is 5.37. The summed E-state index contributed by atoms with van der Waals surface area (Å²) in [6, 6.07) is 17.6. The van der Waals surface area contributed by atoms with Gasteiger partial charge in [-0.1, -0.05) is 47.5 Å². The van der Waals surface area contributed by atoms with E-state index in [1.807, 2.05) is 55.1 Å². The van der Waals surface area contributed by atoms with Gasteiger partial charge in [0.25, 0.3) is 11.8 Å². The number of benzene rings is 2. The van der Waals surface area contributed by atoms with Gasteiger partial charge in [-0.2, -0.15) is 0 Å². The summed E-state index contributed by atoms with van der Waals surface area (Å²) in [5, 5.41) is 0. The molecule has 152 valence electrons. The molecule has 5 nitrogen and oxygen atoms in total. The quantitative estimate of drug-likeness (QED) is 0.629. The minimum atomic E-state index is -1.05. The van der Waals surface area contributed by atoms with Gasteiger partial charge in [0.1, 0.15) is 0 Å². The minimum absolute atomic E-state index is 0.0630. The normalized spacial score (nSPS) is 20.3. The van der Waals surface area contributed by atoms with Gasteiger partial charge in [-0.15, -0.1) is 11.8 Å². The summed E-state index contributed by atoms with van der Waals surface area (Å²) >= 11 is 1.54.